The first-order valence-electron chi connectivity index (χ1n) is 11.9. The summed E-state index contributed by atoms with van der Waals surface area (Å²) in [7, 11) is -7.74. The van der Waals surface area contributed by atoms with Crippen LogP contribution in [0.1, 0.15) is 12.0 Å². The number of sulfone groups is 1. The number of rotatable bonds is 5. The first-order chi connectivity index (χ1) is 17.9. The minimum absolute atomic E-state index is 0.00141. The van der Waals surface area contributed by atoms with Crippen molar-refractivity contribution in [3.8, 4) is 0 Å². The van der Waals surface area contributed by atoms with Crippen LogP contribution in [0.3, 0.4) is 0 Å². The third kappa shape index (κ3) is 4.08. The van der Waals surface area contributed by atoms with Crippen LogP contribution in [0, 0.1) is 23.6 Å². The molecule has 2 heterocycles. The SMILES string of the molecule is CS(=O)(=O)Nc1ccc2c(c1)S(=O)(=O)C=C(C1=C(O)C3C4C=CC(C4)C3N(Cc3ccc(F)cc3)C1=O)N2. The van der Waals surface area contributed by atoms with E-state index in [4.69, 9.17) is 0 Å². The number of carbonyl (C=O) groups excluding carboxylic acids is 1. The predicted octanol–water partition coefficient (Wildman–Crippen LogP) is 3.28. The van der Waals surface area contributed by atoms with Crippen LogP contribution in [-0.2, 0) is 31.2 Å². The molecule has 2 aromatic rings. The van der Waals surface area contributed by atoms with Crippen LogP contribution < -0.4 is 10.0 Å². The molecule has 0 saturated heterocycles. The Morgan fingerprint density at radius 3 is 2.55 bits per heavy atom. The largest absolute Gasteiger partial charge is 0.511 e. The lowest BCUT2D eigenvalue weighted by molar-refractivity contribution is -0.133. The van der Waals surface area contributed by atoms with Crippen molar-refractivity contribution in [2.24, 2.45) is 17.8 Å². The van der Waals surface area contributed by atoms with E-state index >= 15 is 0 Å². The number of aliphatic hydroxyl groups excluding tert-OH is 1. The van der Waals surface area contributed by atoms with Crippen molar-refractivity contribution < 1.29 is 31.1 Å². The molecular formula is C26H24FN3O6S2. The normalized spacial score (nSPS) is 27.1. The molecule has 1 fully saturated rings. The van der Waals surface area contributed by atoms with Crippen molar-refractivity contribution in [3.63, 3.8) is 0 Å². The van der Waals surface area contributed by atoms with Crippen LogP contribution >= 0.6 is 0 Å². The number of fused-ring (bicyclic) bond motifs is 6. The Balaban J connectivity index is 1.41. The number of hydrogen-bond donors (Lipinski definition) is 3. The summed E-state index contributed by atoms with van der Waals surface area (Å²) in [4.78, 5) is 15.4. The van der Waals surface area contributed by atoms with Crippen LogP contribution in [0.4, 0.5) is 15.8 Å². The Labute approximate surface area is 219 Å². The van der Waals surface area contributed by atoms with Gasteiger partial charge in [0.2, 0.25) is 19.9 Å². The van der Waals surface area contributed by atoms with E-state index in [1.165, 1.54) is 30.3 Å². The maximum Gasteiger partial charge on any atom is 0.260 e. The van der Waals surface area contributed by atoms with Crippen molar-refractivity contribution in [3.05, 3.63) is 88.4 Å². The van der Waals surface area contributed by atoms with Gasteiger partial charge in [-0.05, 0) is 54.2 Å². The fourth-order valence-corrected chi connectivity index (χ4v) is 7.90. The molecule has 1 saturated carbocycles. The number of halogens is 1. The van der Waals surface area contributed by atoms with Crippen molar-refractivity contribution in [1.82, 2.24) is 4.90 Å². The first-order valence-corrected chi connectivity index (χ1v) is 15.4. The molecule has 2 bridgehead atoms. The summed E-state index contributed by atoms with van der Waals surface area (Å²) in [6.07, 6.45) is 5.80. The molecule has 12 heteroatoms. The van der Waals surface area contributed by atoms with E-state index in [2.05, 4.69) is 16.1 Å². The quantitative estimate of drug-likeness (QED) is 0.481. The molecular weight excluding hydrogens is 533 g/mol. The predicted molar refractivity (Wildman–Crippen MR) is 138 cm³/mol. The highest BCUT2D eigenvalue weighted by Crippen LogP contribution is 2.53. The van der Waals surface area contributed by atoms with E-state index in [0.717, 1.165) is 18.1 Å². The van der Waals surface area contributed by atoms with Crippen molar-refractivity contribution in [2.45, 2.75) is 23.9 Å². The Bertz CT molecular complexity index is 1680. The molecule has 2 aliphatic heterocycles. The number of benzene rings is 2. The maximum absolute atomic E-state index is 13.9. The standard InChI is InChI=1S/C26H24FN3O6S2/c1-37(33,34)29-18-8-9-19-21(11-18)38(35,36)13-20(28-19)23-25(31)22-15-4-5-16(10-15)24(22)30(26(23)32)12-14-2-6-17(27)7-3-14/h2-9,11,13,15-16,22,24,28-29,31H,10,12H2,1H3. The molecule has 1 amide bonds. The van der Waals surface area contributed by atoms with Gasteiger partial charge in [0.25, 0.3) is 5.91 Å². The molecule has 198 valence electrons. The topological polar surface area (TPSA) is 133 Å². The van der Waals surface area contributed by atoms with Crippen LogP contribution in [0.2, 0.25) is 0 Å². The summed E-state index contributed by atoms with van der Waals surface area (Å²) in [6, 6.07) is 9.52. The Morgan fingerprint density at radius 1 is 1.13 bits per heavy atom. The fraction of sp³-hybridized carbons (Fsp3) is 0.269. The second-order valence-electron chi connectivity index (χ2n) is 10.1. The summed E-state index contributed by atoms with van der Waals surface area (Å²) in [5.74, 6) is -1.42. The van der Waals surface area contributed by atoms with Crippen LogP contribution in [0.15, 0.2) is 81.9 Å². The van der Waals surface area contributed by atoms with Crippen molar-refractivity contribution in [2.75, 3.05) is 16.3 Å². The Hall–Kier alpha value is -3.64. The number of nitrogens with one attached hydrogen (secondary N) is 2. The summed E-state index contributed by atoms with van der Waals surface area (Å²) < 4.78 is 65.4. The molecule has 0 radical (unpaired) electrons. The van der Waals surface area contributed by atoms with Gasteiger partial charge >= 0.3 is 0 Å². The fourth-order valence-electron chi connectivity index (χ4n) is 6.01. The number of allylic oxidation sites excluding steroid dienone is 1. The van der Waals surface area contributed by atoms with Crippen LogP contribution in [-0.4, -0.2) is 45.0 Å². The van der Waals surface area contributed by atoms with E-state index in [-0.39, 0.29) is 57.7 Å². The molecule has 2 aliphatic carbocycles. The molecule has 2 aromatic carbocycles. The third-order valence-electron chi connectivity index (χ3n) is 7.49. The number of nitrogens with zero attached hydrogens (tertiary/aromatic N) is 1. The van der Waals surface area contributed by atoms with E-state index in [0.29, 0.717) is 5.56 Å². The van der Waals surface area contributed by atoms with Crippen LogP contribution in [0.25, 0.3) is 0 Å². The molecule has 4 aliphatic rings. The summed E-state index contributed by atoms with van der Waals surface area (Å²) in [6.45, 7) is 0.172. The van der Waals surface area contributed by atoms with E-state index < -0.39 is 37.5 Å². The number of amides is 1. The highest BCUT2D eigenvalue weighted by molar-refractivity contribution is 7.94. The Morgan fingerprint density at radius 2 is 1.84 bits per heavy atom. The number of sulfonamides is 1. The van der Waals surface area contributed by atoms with Gasteiger partial charge in [-0.25, -0.2) is 21.2 Å². The zero-order valence-corrected chi connectivity index (χ0v) is 21.8. The lowest BCUT2D eigenvalue weighted by Gasteiger charge is -2.43. The highest BCUT2D eigenvalue weighted by atomic mass is 32.2. The van der Waals surface area contributed by atoms with Gasteiger partial charge in [0.05, 0.1) is 27.9 Å². The van der Waals surface area contributed by atoms with Gasteiger partial charge in [-0.1, -0.05) is 24.3 Å². The number of hydrogen-bond acceptors (Lipinski definition) is 7. The number of anilines is 2. The van der Waals surface area contributed by atoms with E-state index in [9.17, 15) is 31.1 Å². The average Bonchev–Trinajstić information content (AvgIpc) is 3.45. The van der Waals surface area contributed by atoms with Gasteiger partial charge in [-0.3, -0.25) is 9.52 Å². The molecule has 9 nitrogen and oxygen atoms in total. The second-order valence-corrected chi connectivity index (χ2v) is 13.6. The van der Waals surface area contributed by atoms with Gasteiger partial charge in [0.1, 0.15) is 17.1 Å². The third-order valence-corrected chi connectivity index (χ3v) is 9.60. The van der Waals surface area contributed by atoms with Crippen molar-refractivity contribution >= 4 is 37.1 Å². The van der Waals surface area contributed by atoms with Gasteiger partial charge in [-0.15, -0.1) is 0 Å². The first kappa shape index (κ1) is 24.7. The summed E-state index contributed by atoms with van der Waals surface area (Å²) in [5, 5.41) is 15.2. The van der Waals surface area contributed by atoms with Crippen LogP contribution in [0.5, 0.6) is 0 Å². The zero-order valence-electron chi connectivity index (χ0n) is 20.1. The van der Waals surface area contributed by atoms with E-state index in [1.807, 2.05) is 6.08 Å². The lowest BCUT2D eigenvalue weighted by Crippen LogP contribution is -2.52. The zero-order chi connectivity index (χ0) is 27.0. The number of aliphatic hydroxyl groups is 1. The van der Waals surface area contributed by atoms with Gasteiger partial charge in [0, 0.05) is 24.2 Å². The molecule has 0 spiro atoms. The lowest BCUT2D eigenvalue weighted by atomic mass is 9.80. The van der Waals surface area contributed by atoms with E-state index in [1.54, 1.807) is 17.0 Å². The second kappa shape index (κ2) is 8.43. The molecule has 38 heavy (non-hydrogen) atoms. The van der Waals surface area contributed by atoms with Gasteiger partial charge < -0.3 is 15.3 Å². The molecule has 0 aromatic heterocycles. The van der Waals surface area contributed by atoms with Crippen molar-refractivity contribution in [1.29, 1.82) is 0 Å². The minimum Gasteiger partial charge on any atom is -0.511 e. The highest BCUT2D eigenvalue weighted by Gasteiger charge is 2.55. The maximum atomic E-state index is 13.9. The monoisotopic (exact) mass is 557 g/mol. The Kier molecular flexibility index (Phi) is 5.48. The molecule has 4 atom stereocenters. The molecule has 4 unspecified atom stereocenters. The van der Waals surface area contributed by atoms with Gasteiger partial charge in [0.15, 0.2) is 0 Å². The summed E-state index contributed by atoms with van der Waals surface area (Å²) >= 11 is 0. The molecule has 6 rings (SSSR count). The smallest absolute Gasteiger partial charge is 0.260 e. The summed E-state index contributed by atoms with van der Waals surface area (Å²) in [5.41, 5.74) is 0.751. The molecule has 3 N–H and O–H groups in total. The average molecular weight is 558 g/mol. The van der Waals surface area contributed by atoms with Gasteiger partial charge in [-0.2, -0.15) is 0 Å². The minimum atomic E-state index is -4.11. The number of carbonyl (C=O) groups is 1.